The summed E-state index contributed by atoms with van der Waals surface area (Å²) >= 11 is 0. The van der Waals surface area contributed by atoms with Crippen LogP contribution < -0.4 is 11.5 Å². The summed E-state index contributed by atoms with van der Waals surface area (Å²) in [5, 5.41) is 0. The summed E-state index contributed by atoms with van der Waals surface area (Å²) in [5.74, 6) is 6.18. The molecule has 0 radical (unpaired) electrons. The number of rotatable bonds is 0. The summed E-state index contributed by atoms with van der Waals surface area (Å²) in [7, 11) is 0. The molecule has 0 aromatic carbocycles. The van der Waals surface area contributed by atoms with Crippen LogP contribution in [0, 0.1) is 11.8 Å². The van der Waals surface area contributed by atoms with E-state index in [0.717, 1.165) is 25.7 Å². The highest BCUT2D eigenvalue weighted by atomic mass is 14.8. The molecule has 2 rings (SSSR count). The van der Waals surface area contributed by atoms with Gasteiger partial charge in [-0.2, -0.15) is 0 Å². The van der Waals surface area contributed by atoms with E-state index in [4.69, 9.17) is 11.5 Å². The molecule has 0 bridgehead atoms. The van der Waals surface area contributed by atoms with E-state index in [0.29, 0.717) is 0 Å². The fourth-order valence-electron chi connectivity index (χ4n) is 1.19. The average Bonchev–Trinajstić information content (AvgIpc) is 2.61. The molecule has 0 aromatic heterocycles. The van der Waals surface area contributed by atoms with E-state index in [1.165, 1.54) is 6.42 Å². The van der Waals surface area contributed by atoms with Crippen molar-refractivity contribution in [3.8, 4) is 11.8 Å². The molecule has 2 aliphatic rings. The van der Waals surface area contributed by atoms with Gasteiger partial charge in [0.2, 0.25) is 0 Å². The van der Waals surface area contributed by atoms with E-state index in [1.807, 2.05) is 0 Å². The lowest BCUT2D eigenvalue weighted by atomic mass is 9.78. The Morgan fingerprint density at radius 3 is 1.55 bits per heavy atom. The lowest BCUT2D eigenvalue weighted by Gasteiger charge is -2.32. The second-order valence-electron chi connectivity index (χ2n) is 3.92. The molecule has 4 N–H and O–H groups in total. The Labute approximate surface area is 67.3 Å². The first-order valence-electron chi connectivity index (χ1n) is 4.24. The van der Waals surface area contributed by atoms with Gasteiger partial charge in [0, 0.05) is 0 Å². The Bertz CT molecular complexity index is 226. The molecule has 0 unspecified atom stereocenters. The van der Waals surface area contributed by atoms with Gasteiger partial charge in [-0.1, -0.05) is 11.8 Å². The zero-order valence-electron chi connectivity index (χ0n) is 6.69. The lowest BCUT2D eigenvalue weighted by Crippen LogP contribution is -2.45. The summed E-state index contributed by atoms with van der Waals surface area (Å²) in [5.41, 5.74) is 11.4. The molecule has 60 valence electrons. The van der Waals surface area contributed by atoms with Gasteiger partial charge in [-0.25, -0.2) is 0 Å². The predicted molar refractivity (Wildman–Crippen MR) is 44.7 cm³/mol. The molecule has 0 aliphatic heterocycles. The van der Waals surface area contributed by atoms with Crippen molar-refractivity contribution in [1.82, 2.24) is 0 Å². The highest BCUT2D eigenvalue weighted by Gasteiger charge is 2.38. The van der Waals surface area contributed by atoms with Crippen LogP contribution in [0.2, 0.25) is 0 Å². The molecular formula is C9H14N2. The van der Waals surface area contributed by atoms with Crippen LogP contribution in [-0.4, -0.2) is 11.1 Å². The minimum absolute atomic E-state index is 0.151. The van der Waals surface area contributed by atoms with Gasteiger partial charge in [-0.05, 0) is 32.1 Å². The number of hydrogen-bond acceptors (Lipinski definition) is 2. The maximum absolute atomic E-state index is 5.91. The standard InChI is InChI=1S/C9H14N2/c10-8(2-1-3-8)4-5-9(11)6-7-9/h1-3,6-7,10-11H2. The third kappa shape index (κ3) is 1.40. The SMILES string of the molecule is NC1(C#CC2(N)CC2)CCC1. The monoisotopic (exact) mass is 150 g/mol. The van der Waals surface area contributed by atoms with Gasteiger partial charge in [-0.15, -0.1) is 0 Å². The maximum Gasteiger partial charge on any atom is 0.0778 e. The third-order valence-corrected chi connectivity index (χ3v) is 2.59. The Kier molecular flexibility index (Phi) is 1.30. The summed E-state index contributed by atoms with van der Waals surface area (Å²) in [4.78, 5) is 0. The Hall–Kier alpha value is -0.520. The Morgan fingerprint density at radius 2 is 1.27 bits per heavy atom. The van der Waals surface area contributed by atoms with Crippen molar-refractivity contribution in [2.24, 2.45) is 11.5 Å². The van der Waals surface area contributed by atoms with Crippen molar-refractivity contribution < 1.29 is 0 Å². The van der Waals surface area contributed by atoms with Gasteiger partial charge >= 0.3 is 0 Å². The maximum atomic E-state index is 5.91. The fraction of sp³-hybridized carbons (Fsp3) is 0.778. The number of hydrogen-bond donors (Lipinski definition) is 2. The quantitative estimate of drug-likeness (QED) is 0.490. The second kappa shape index (κ2) is 2.00. The first-order chi connectivity index (χ1) is 5.12. The van der Waals surface area contributed by atoms with E-state index < -0.39 is 0 Å². The molecule has 0 heterocycles. The first kappa shape index (κ1) is 7.15. The highest BCUT2D eigenvalue weighted by Crippen LogP contribution is 2.33. The van der Waals surface area contributed by atoms with E-state index in [-0.39, 0.29) is 11.1 Å². The Balaban J connectivity index is 2.00. The van der Waals surface area contributed by atoms with Crippen molar-refractivity contribution in [3.05, 3.63) is 0 Å². The van der Waals surface area contributed by atoms with Crippen LogP contribution in [0.5, 0.6) is 0 Å². The minimum Gasteiger partial charge on any atom is -0.315 e. The molecule has 11 heavy (non-hydrogen) atoms. The van der Waals surface area contributed by atoms with Crippen LogP contribution >= 0.6 is 0 Å². The van der Waals surface area contributed by atoms with E-state index >= 15 is 0 Å². The molecule has 2 fully saturated rings. The molecular weight excluding hydrogens is 136 g/mol. The van der Waals surface area contributed by atoms with E-state index in [2.05, 4.69) is 11.8 Å². The zero-order valence-corrected chi connectivity index (χ0v) is 6.69. The Morgan fingerprint density at radius 1 is 0.818 bits per heavy atom. The molecule has 0 amide bonds. The first-order valence-corrected chi connectivity index (χ1v) is 4.24. The van der Waals surface area contributed by atoms with Crippen molar-refractivity contribution >= 4 is 0 Å². The molecule has 0 spiro atoms. The summed E-state index contributed by atoms with van der Waals surface area (Å²) < 4.78 is 0. The third-order valence-electron chi connectivity index (χ3n) is 2.59. The molecule has 0 atom stereocenters. The van der Waals surface area contributed by atoms with Gasteiger partial charge in [0.15, 0.2) is 0 Å². The van der Waals surface area contributed by atoms with E-state index in [1.54, 1.807) is 0 Å². The van der Waals surface area contributed by atoms with Crippen molar-refractivity contribution in [1.29, 1.82) is 0 Å². The van der Waals surface area contributed by atoms with Gasteiger partial charge in [0.1, 0.15) is 0 Å². The minimum atomic E-state index is -0.172. The molecule has 2 saturated carbocycles. The smallest absolute Gasteiger partial charge is 0.0778 e. The van der Waals surface area contributed by atoms with Gasteiger partial charge in [0.25, 0.3) is 0 Å². The molecule has 2 aliphatic carbocycles. The van der Waals surface area contributed by atoms with Crippen LogP contribution in [0.4, 0.5) is 0 Å². The molecule has 0 aromatic rings. The van der Waals surface area contributed by atoms with Crippen LogP contribution in [0.25, 0.3) is 0 Å². The van der Waals surface area contributed by atoms with Crippen molar-refractivity contribution in [3.63, 3.8) is 0 Å². The summed E-state index contributed by atoms with van der Waals surface area (Å²) in [6.45, 7) is 0. The van der Waals surface area contributed by atoms with Crippen LogP contribution in [0.15, 0.2) is 0 Å². The summed E-state index contributed by atoms with van der Waals surface area (Å²) in [6.07, 6.45) is 5.43. The normalized spacial score (nSPS) is 29.6. The zero-order chi connectivity index (χ0) is 7.95. The topological polar surface area (TPSA) is 52.0 Å². The van der Waals surface area contributed by atoms with Crippen LogP contribution in [0.3, 0.4) is 0 Å². The van der Waals surface area contributed by atoms with Gasteiger partial charge in [-0.3, -0.25) is 0 Å². The van der Waals surface area contributed by atoms with Crippen LogP contribution in [-0.2, 0) is 0 Å². The fourth-order valence-corrected chi connectivity index (χ4v) is 1.19. The molecule has 2 heteroatoms. The average molecular weight is 150 g/mol. The number of nitrogens with two attached hydrogens (primary N) is 2. The van der Waals surface area contributed by atoms with Gasteiger partial charge in [0.05, 0.1) is 11.1 Å². The molecule has 0 saturated heterocycles. The molecule has 2 nitrogen and oxygen atoms in total. The highest BCUT2D eigenvalue weighted by molar-refractivity contribution is 5.31. The lowest BCUT2D eigenvalue weighted by molar-refractivity contribution is 0.330. The largest absolute Gasteiger partial charge is 0.315 e. The van der Waals surface area contributed by atoms with E-state index in [9.17, 15) is 0 Å². The summed E-state index contributed by atoms with van der Waals surface area (Å²) in [6, 6.07) is 0. The van der Waals surface area contributed by atoms with Crippen molar-refractivity contribution in [2.45, 2.75) is 43.2 Å². The van der Waals surface area contributed by atoms with Gasteiger partial charge < -0.3 is 11.5 Å². The second-order valence-corrected chi connectivity index (χ2v) is 3.92. The van der Waals surface area contributed by atoms with Crippen molar-refractivity contribution in [2.75, 3.05) is 0 Å². The predicted octanol–water partition coefficient (Wildman–Crippen LogP) is 0.362. The van der Waals surface area contributed by atoms with Crippen LogP contribution in [0.1, 0.15) is 32.1 Å².